The van der Waals surface area contributed by atoms with Crippen molar-refractivity contribution in [3.05, 3.63) is 54.7 Å². The van der Waals surface area contributed by atoms with E-state index in [0.717, 1.165) is 48.6 Å². The summed E-state index contributed by atoms with van der Waals surface area (Å²) in [7, 11) is 0. The first kappa shape index (κ1) is 20.6. The molecule has 0 spiro atoms. The average molecular weight is 430 g/mol. The van der Waals surface area contributed by atoms with Gasteiger partial charge < -0.3 is 15.1 Å². The van der Waals surface area contributed by atoms with E-state index in [9.17, 15) is 0 Å². The number of nitrogens with one attached hydrogen (secondary N) is 1. The summed E-state index contributed by atoms with van der Waals surface area (Å²) in [6, 6.07) is 8.98. The number of hydrogen-bond acceptors (Lipinski definition) is 6. The van der Waals surface area contributed by atoms with Crippen molar-refractivity contribution in [1.82, 2.24) is 24.6 Å². The standard InChI is InChI=1S/C25H31N7/c1-3-19(2)30-13-15-31(16-14-30)22-11-9-21(10-12-22)28-25-26-17-20-18-27-32(24(20)29-25)23-7-5-4-6-8-23/h9-12,17-18,23H,1,4-8,13-16H2,2H3,(H,26,28,29). The van der Waals surface area contributed by atoms with Gasteiger partial charge in [-0.05, 0) is 44.0 Å². The van der Waals surface area contributed by atoms with Crippen molar-refractivity contribution in [3.63, 3.8) is 0 Å². The zero-order valence-electron chi connectivity index (χ0n) is 18.8. The van der Waals surface area contributed by atoms with Gasteiger partial charge in [0.1, 0.15) is 0 Å². The minimum atomic E-state index is 0.453. The molecule has 0 atom stereocenters. The van der Waals surface area contributed by atoms with Crippen LogP contribution in [0.2, 0.25) is 0 Å². The van der Waals surface area contributed by atoms with E-state index >= 15 is 0 Å². The number of fused-ring (bicyclic) bond motifs is 1. The molecule has 0 bridgehead atoms. The fourth-order valence-corrected chi connectivity index (χ4v) is 4.79. The summed E-state index contributed by atoms with van der Waals surface area (Å²) in [6.45, 7) is 9.82. The summed E-state index contributed by atoms with van der Waals surface area (Å²) in [6.07, 6.45) is 9.99. The molecule has 2 fully saturated rings. The lowest BCUT2D eigenvalue weighted by molar-refractivity contribution is 0.323. The molecular formula is C25H31N7. The fourth-order valence-electron chi connectivity index (χ4n) is 4.79. The van der Waals surface area contributed by atoms with E-state index in [4.69, 9.17) is 4.98 Å². The summed E-state index contributed by atoms with van der Waals surface area (Å²) < 4.78 is 2.10. The summed E-state index contributed by atoms with van der Waals surface area (Å²) in [5.41, 5.74) is 7.28. The maximum atomic E-state index is 4.80. The molecule has 5 rings (SSSR count). The molecule has 2 aromatic heterocycles. The van der Waals surface area contributed by atoms with Crippen molar-refractivity contribution >= 4 is 28.4 Å². The van der Waals surface area contributed by atoms with E-state index in [1.807, 2.05) is 12.4 Å². The van der Waals surface area contributed by atoms with E-state index < -0.39 is 0 Å². The number of hydrogen-bond donors (Lipinski definition) is 1. The maximum Gasteiger partial charge on any atom is 0.229 e. The Kier molecular flexibility index (Phi) is 5.82. The Morgan fingerprint density at radius 3 is 2.50 bits per heavy atom. The largest absolute Gasteiger partial charge is 0.368 e. The second-order valence-electron chi connectivity index (χ2n) is 8.76. The van der Waals surface area contributed by atoms with Crippen LogP contribution in [0.1, 0.15) is 45.1 Å². The number of rotatable bonds is 5. The topological polar surface area (TPSA) is 62.1 Å². The number of nitrogens with zero attached hydrogens (tertiary/aromatic N) is 6. The summed E-state index contributed by atoms with van der Waals surface area (Å²) in [5.74, 6) is 0.614. The van der Waals surface area contributed by atoms with Gasteiger partial charge in [-0.3, -0.25) is 0 Å². The Hall–Kier alpha value is -3.31. The van der Waals surface area contributed by atoms with Gasteiger partial charge in [-0.2, -0.15) is 10.1 Å². The minimum Gasteiger partial charge on any atom is -0.368 e. The van der Waals surface area contributed by atoms with Crippen LogP contribution in [0.4, 0.5) is 17.3 Å². The van der Waals surface area contributed by atoms with Gasteiger partial charge in [0.25, 0.3) is 0 Å². The molecule has 1 aliphatic heterocycles. The zero-order valence-corrected chi connectivity index (χ0v) is 18.8. The molecule has 1 aromatic carbocycles. The van der Waals surface area contributed by atoms with E-state index in [0.29, 0.717) is 12.0 Å². The smallest absolute Gasteiger partial charge is 0.229 e. The number of anilines is 3. The molecule has 7 heteroatoms. The molecule has 1 N–H and O–H groups in total. The molecule has 32 heavy (non-hydrogen) atoms. The summed E-state index contributed by atoms with van der Waals surface area (Å²) in [5, 5.41) is 8.99. The molecule has 0 radical (unpaired) electrons. The molecule has 2 aliphatic rings. The van der Waals surface area contributed by atoms with E-state index in [-0.39, 0.29) is 0 Å². The summed E-state index contributed by atoms with van der Waals surface area (Å²) >= 11 is 0. The summed E-state index contributed by atoms with van der Waals surface area (Å²) in [4.78, 5) is 14.1. The van der Waals surface area contributed by atoms with Crippen molar-refractivity contribution in [2.24, 2.45) is 0 Å². The van der Waals surface area contributed by atoms with Crippen LogP contribution < -0.4 is 10.2 Å². The van der Waals surface area contributed by atoms with Crippen molar-refractivity contribution in [3.8, 4) is 0 Å². The Balaban J connectivity index is 1.27. The molecule has 1 saturated carbocycles. The van der Waals surface area contributed by atoms with Crippen LogP contribution in [0.15, 0.2) is 54.7 Å². The first-order valence-electron chi connectivity index (χ1n) is 11.6. The van der Waals surface area contributed by atoms with Crippen LogP contribution in [0.25, 0.3) is 11.0 Å². The minimum absolute atomic E-state index is 0.453. The normalized spacial score (nSPS) is 17.4. The highest BCUT2D eigenvalue weighted by Gasteiger charge is 2.20. The van der Waals surface area contributed by atoms with Gasteiger partial charge in [-0.15, -0.1) is 5.73 Å². The lowest BCUT2D eigenvalue weighted by atomic mass is 9.96. The first-order chi connectivity index (χ1) is 15.7. The molecule has 3 aromatic rings. The van der Waals surface area contributed by atoms with Gasteiger partial charge in [0.15, 0.2) is 5.65 Å². The Morgan fingerprint density at radius 2 is 1.78 bits per heavy atom. The highest BCUT2D eigenvalue weighted by Crippen LogP contribution is 2.30. The van der Waals surface area contributed by atoms with Crippen molar-refractivity contribution in [2.75, 3.05) is 36.4 Å². The second kappa shape index (κ2) is 9.05. The van der Waals surface area contributed by atoms with Crippen LogP contribution in [0.3, 0.4) is 0 Å². The Labute approximate surface area is 189 Å². The SMILES string of the molecule is C=C=C(C)N1CCN(c2ccc(Nc3ncc4cnn(C5CCCCC5)c4n3)cc2)CC1. The first-order valence-corrected chi connectivity index (χ1v) is 11.6. The van der Waals surface area contributed by atoms with E-state index in [1.165, 1.54) is 37.8 Å². The lowest BCUT2D eigenvalue weighted by Crippen LogP contribution is -2.45. The van der Waals surface area contributed by atoms with Gasteiger partial charge >= 0.3 is 0 Å². The second-order valence-corrected chi connectivity index (χ2v) is 8.76. The third-order valence-electron chi connectivity index (χ3n) is 6.75. The lowest BCUT2D eigenvalue weighted by Gasteiger charge is -2.37. The van der Waals surface area contributed by atoms with Gasteiger partial charge in [0.05, 0.1) is 23.3 Å². The molecule has 7 nitrogen and oxygen atoms in total. The molecule has 0 amide bonds. The monoisotopic (exact) mass is 429 g/mol. The van der Waals surface area contributed by atoms with Crippen molar-refractivity contribution in [1.29, 1.82) is 0 Å². The van der Waals surface area contributed by atoms with Crippen LogP contribution in [0.5, 0.6) is 0 Å². The number of piperazine rings is 1. The Bertz CT molecular complexity index is 1110. The predicted octanol–water partition coefficient (Wildman–Crippen LogP) is 4.89. The highest BCUT2D eigenvalue weighted by molar-refractivity contribution is 5.75. The molecule has 3 heterocycles. The van der Waals surface area contributed by atoms with Crippen LogP contribution in [-0.4, -0.2) is 50.8 Å². The number of allylic oxidation sites excluding steroid dienone is 1. The highest BCUT2D eigenvalue weighted by atomic mass is 15.3. The van der Waals surface area contributed by atoms with Crippen LogP contribution in [-0.2, 0) is 0 Å². The molecule has 0 unspecified atom stereocenters. The van der Waals surface area contributed by atoms with Gasteiger partial charge in [-0.25, -0.2) is 9.67 Å². The number of aromatic nitrogens is 4. The van der Waals surface area contributed by atoms with Crippen LogP contribution >= 0.6 is 0 Å². The van der Waals surface area contributed by atoms with Gasteiger partial charge in [-0.1, -0.05) is 25.8 Å². The third-order valence-corrected chi connectivity index (χ3v) is 6.75. The number of benzene rings is 1. The maximum absolute atomic E-state index is 4.80. The fraction of sp³-hybridized carbons (Fsp3) is 0.440. The average Bonchev–Trinajstić information content (AvgIpc) is 3.28. The molecule has 166 valence electrons. The van der Waals surface area contributed by atoms with Gasteiger partial charge in [0.2, 0.25) is 5.95 Å². The molecule has 1 aliphatic carbocycles. The van der Waals surface area contributed by atoms with Crippen molar-refractivity contribution < 1.29 is 0 Å². The zero-order chi connectivity index (χ0) is 21.9. The van der Waals surface area contributed by atoms with Crippen molar-refractivity contribution in [2.45, 2.75) is 45.1 Å². The van der Waals surface area contributed by atoms with Crippen LogP contribution in [0, 0.1) is 0 Å². The Morgan fingerprint density at radius 1 is 1.03 bits per heavy atom. The predicted molar refractivity (Wildman–Crippen MR) is 129 cm³/mol. The molecular weight excluding hydrogens is 398 g/mol. The molecule has 1 saturated heterocycles. The van der Waals surface area contributed by atoms with E-state index in [1.54, 1.807) is 0 Å². The quantitative estimate of drug-likeness (QED) is 0.583. The third kappa shape index (κ3) is 4.21. The van der Waals surface area contributed by atoms with Gasteiger partial charge in [0, 0.05) is 43.8 Å². The van der Waals surface area contributed by atoms with E-state index in [2.05, 4.69) is 73.4 Å².